The van der Waals surface area contributed by atoms with Gasteiger partial charge in [0, 0.05) is 22.5 Å². The van der Waals surface area contributed by atoms with Crippen LogP contribution in [0.5, 0.6) is 0 Å². The van der Waals surface area contributed by atoms with Gasteiger partial charge < -0.3 is 0 Å². The Labute approximate surface area is 120 Å². The summed E-state index contributed by atoms with van der Waals surface area (Å²) in [5.74, 6) is 0. The maximum atomic E-state index is 11.0. The number of nitro benzene ring substituents is 1. The van der Waals surface area contributed by atoms with Gasteiger partial charge >= 0.3 is 0 Å². The number of halogens is 1. The SMILES string of the molecule is CCCC(Br)Cc1ccnc2c([N+](=O)[O-])cccc12. The van der Waals surface area contributed by atoms with Crippen molar-refractivity contribution in [2.24, 2.45) is 0 Å². The van der Waals surface area contributed by atoms with E-state index in [2.05, 4.69) is 27.8 Å². The lowest BCUT2D eigenvalue weighted by Crippen LogP contribution is -2.03. The molecule has 0 N–H and O–H groups in total. The Morgan fingerprint density at radius 3 is 2.89 bits per heavy atom. The van der Waals surface area contributed by atoms with Gasteiger partial charge in [-0.2, -0.15) is 0 Å². The molecular formula is C14H15BrN2O2. The first-order valence-corrected chi connectivity index (χ1v) is 7.20. The van der Waals surface area contributed by atoms with Crippen LogP contribution in [-0.2, 0) is 6.42 Å². The Bertz CT molecular complexity index is 601. The quantitative estimate of drug-likeness (QED) is 0.469. The van der Waals surface area contributed by atoms with Crippen LogP contribution in [0.2, 0.25) is 0 Å². The number of benzene rings is 1. The number of aromatic nitrogens is 1. The largest absolute Gasteiger partial charge is 0.295 e. The highest BCUT2D eigenvalue weighted by Crippen LogP contribution is 2.27. The number of non-ortho nitro benzene ring substituents is 1. The predicted octanol–water partition coefficient (Wildman–Crippen LogP) is 4.25. The summed E-state index contributed by atoms with van der Waals surface area (Å²) in [7, 11) is 0. The van der Waals surface area contributed by atoms with Gasteiger partial charge in [0.1, 0.15) is 5.52 Å². The molecule has 1 heterocycles. The summed E-state index contributed by atoms with van der Waals surface area (Å²) in [5, 5.41) is 11.9. The van der Waals surface area contributed by atoms with Crippen molar-refractivity contribution in [3.8, 4) is 0 Å². The van der Waals surface area contributed by atoms with Crippen LogP contribution in [0.25, 0.3) is 10.9 Å². The maximum Gasteiger partial charge on any atom is 0.295 e. The first-order chi connectivity index (χ1) is 9.13. The zero-order valence-electron chi connectivity index (χ0n) is 10.7. The predicted molar refractivity (Wildman–Crippen MR) is 79.7 cm³/mol. The molecule has 19 heavy (non-hydrogen) atoms. The van der Waals surface area contributed by atoms with Crippen molar-refractivity contribution < 1.29 is 4.92 Å². The summed E-state index contributed by atoms with van der Waals surface area (Å²) < 4.78 is 0. The number of pyridine rings is 1. The fourth-order valence-electron chi connectivity index (χ4n) is 2.20. The van der Waals surface area contributed by atoms with Gasteiger partial charge in [-0.3, -0.25) is 10.1 Å². The highest BCUT2D eigenvalue weighted by Gasteiger charge is 2.15. The first kappa shape index (κ1) is 13.9. The number of nitro groups is 1. The van der Waals surface area contributed by atoms with Crippen LogP contribution in [-0.4, -0.2) is 14.7 Å². The average molecular weight is 323 g/mol. The van der Waals surface area contributed by atoms with E-state index in [-0.39, 0.29) is 10.6 Å². The molecule has 1 aromatic carbocycles. The van der Waals surface area contributed by atoms with Crippen LogP contribution >= 0.6 is 15.9 Å². The fourth-order valence-corrected chi connectivity index (χ4v) is 3.00. The van der Waals surface area contributed by atoms with E-state index < -0.39 is 0 Å². The molecule has 1 atom stereocenters. The van der Waals surface area contributed by atoms with E-state index in [0.29, 0.717) is 10.3 Å². The second-order valence-electron chi connectivity index (χ2n) is 4.49. The van der Waals surface area contributed by atoms with Crippen molar-refractivity contribution >= 4 is 32.5 Å². The van der Waals surface area contributed by atoms with Gasteiger partial charge in [-0.15, -0.1) is 0 Å². The van der Waals surface area contributed by atoms with Crippen LogP contribution in [0.4, 0.5) is 5.69 Å². The molecule has 0 spiro atoms. The molecule has 0 aliphatic rings. The third kappa shape index (κ3) is 3.10. The minimum atomic E-state index is -0.378. The molecule has 0 bridgehead atoms. The van der Waals surface area contributed by atoms with Gasteiger partial charge in [0.05, 0.1) is 4.92 Å². The molecule has 0 aliphatic heterocycles. The van der Waals surface area contributed by atoms with Crippen molar-refractivity contribution in [1.82, 2.24) is 4.98 Å². The number of fused-ring (bicyclic) bond motifs is 1. The normalized spacial score (nSPS) is 12.5. The topological polar surface area (TPSA) is 56.0 Å². The zero-order chi connectivity index (χ0) is 13.8. The smallest absolute Gasteiger partial charge is 0.258 e. The number of alkyl halides is 1. The lowest BCUT2D eigenvalue weighted by Gasteiger charge is -2.10. The zero-order valence-corrected chi connectivity index (χ0v) is 12.3. The van der Waals surface area contributed by atoms with Crippen molar-refractivity contribution in [3.05, 3.63) is 46.1 Å². The Morgan fingerprint density at radius 1 is 1.42 bits per heavy atom. The molecule has 2 aromatic rings. The highest BCUT2D eigenvalue weighted by atomic mass is 79.9. The van der Waals surface area contributed by atoms with Crippen molar-refractivity contribution in [3.63, 3.8) is 0 Å². The van der Waals surface area contributed by atoms with Crippen LogP contribution in [0.1, 0.15) is 25.3 Å². The molecule has 0 radical (unpaired) electrons. The molecule has 0 aliphatic carbocycles. The lowest BCUT2D eigenvalue weighted by atomic mass is 10.0. The van der Waals surface area contributed by atoms with E-state index >= 15 is 0 Å². The molecule has 0 saturated heterocycles. The standard InChI is InChI=1S/C14H15BrN2O2/c1-2-4-11(15)9-10-7-8-16-14-12(10)5-3-6-13(14)17(18)19/h3,5-8,11H,2,4,9H2,1H3. The van der Waals surface area contributed by atoms with E-state index in [1.54, 1.807) is 12.3 Å². The summed E-state index contributed by atoms with van der Waals surface area (Å²) in [6, 6.07) is 7.05. The van der Waals surface area contributed by atoms with Crippen LogP contribution < -0.4 is 0 Å². The van der Waals surface area contributed by atoms with Gasteiger partial charge in [0.15, 0.2) is 0 Å². The molecule has 0 amide bonds. The van der Waals surface area contributed by atoms with Crippen LogP contribution in [0.15, 0.2) is 30.5 Å². The van der Waals surface area contributed by atoms with E-state index in [1.807, 2.05) is 12.1 Å². The summed E-state index contributed by atoms with van der Waals surface area (Å²) in [6.07, 6.45) is 4.70. The molecule has 0 saturated carbocycles. The molecular weight excluding hydrogens is 308 g/mol. The second kappa shape index (κ2) is 6.10. The van der Waals surface area contributed by atoms with E-state index in [0.717, 1.165) is 30.2 Å². The van der Waals surface area contributed by atoms with Gasteiger partial charge in [-0.05, 0) is 24.5 Å². The number of hydrogen-bond donors (Lipinski definition) is 0. The third-order valence-corrected chi connectivity index (χ3v) is 3.86. The molecule has 100 valence electrons. The third-order valence-electron chi connectivity index (χ3n) is 3.08. The van der Waals surface area contributed by atoms with E-state index in [1.165, 1.54) is 6.07 Å². The van der Waals surface area contributed by atoms with Gasteiger partial charge in [0.2, 0.25) is 0 Å². The second-order valence-corrected chi connectivity index (χ2v) is 5.79. The summed E-state index contributed by atoms with van der Waals surface area (Å²) in [4.78, 5) is 15.2. The summed E-state index contributed by atoms with van der Waals surface area (Å²) in [5.41, 5.74) is 1.64. The first-order valence-electron chi connectivity index (χ1n) is 6.28. The molecule has 1 aromatic heterocycles. The van der Waals surface area contributed by atoms with E-state index in [9.17, 15) is 10.1 Å². The van der Waals surface area contributed by atoms with Gasteiger partial charge in [-0.1, -0.05) is 41.4 Å². The van der Waals surface area contributed by atoms with Gasteiger partial charge in [-0.25, -0.2) is 4.98 Å². The summed E-state index contributed by atoms with van der Waals surface area (Å²) in [6.45, 7) is 2.14. The maximum absolute atomic E-state index is 11.0. The number of nitrogens with zero attached hydrogens (tertiary/aromatic N) is 2. The molecule has 2 rings (SSSR count). The average Bonchev–Trinajstić information content (AvgIpc) is 2.38. The van der Waals surface area contributed by atoms with Crippen molar-refractivity contribution in [2.75, 3.05) is 0 Å². The molecule has 1 unspecified atom stereocenters. The van der Waals surface area contributed by atoms with Gasteiger partial charge in [0.25, 0.3) is 5.69 Å². The Hall–Kier alpha value is -1.49. The van der Waals surface area contributed by atoms with Crippen LogP contribution in [0, 0.1) is 10.1 Å². The Kier molecular flexibility index (Phi) is 4.47. The molecule has 5 heteroatoms. The molecule has 0 fully saturated rings. The number of para-hydroxylation sites is 1. The number of rotatable bonds is 5. The Morgan fingerprint density at radius 2 is 2.21 bits per heavy atom. The monoisotopic (exact) mass is 322 g/mol. The minimum Gasteiger partial charge on any atom is -0.258 e. The van der Waals surface area contributed by atoms with Crippen LogP contribution in [0.3, 0.4) is 0 Å². The lowest BCUT2D eigenvalue weighted by molar-refractivity contribution is -0.383. The van der Waals surface area contributed by atoms with Crippen molar-refractivity contribution in [1.29, 1.82) is 0 Å². The number of hydrogen-bond acceptors (Lipinski definition) is 3. The fraction of sp³-hybridized carbons (Fsp3) is 0.357. The van der Waals surface area contributed by atoms with Crippen molar-refractivity contribution in [2.45, 2.75) is 31.0 Å². The molecule has 4 nitrogen and oxygen atoms in total. The Balaban J connectivity index is 2.46. The van der Waals surface area contributed by atoms with E-state index in [4.69, 9.17) is 0 Å². The summed E-state index contributed by atoms with van der Waals surface area (Å²) >= 11 is 3.65. The highest BCUT2D eigenvalue weighted by molar-refractivity contribution is 9.09. The minimum absolute atomic E-state index is 0.0703.